The predicted molar refractivity (Wildman–Crippen MR) is 67.9 cm³/mol. The summed E-state index contributed by atoms with van der Waals surface area (Å²) in [4.78, 5) is 4.32. The molecule has 0 saturated carbocycles. The van der Waals surface area contributed by atoms with E-state index in [0.717, 1.165) is 17.0 Å². The second kappa shape index (κ2) is 5.18. The molecule has 96 valence electrons. The first-order valence-corrected chi connectivity index (χ1v) is 5.66. The number of methoxy groups -OCH3 is 1. The van der Waals surface area contributed by atoms with E-state index >= 15 is 0 Å². The largest absolute Gasteiger partial charge is 0.494 e. The fraction of sp³-hybridized carbons (Fsp3) is 0.308. The number of aryl methyl sites for hydroxylation is 1. The van der Waals surface area contributed by atoms with E-state index in [0.29, 0.717) is 6.54 Å². The smallest absolute Gasteiger partial charge is 0.165 e. The average Bonchev–Trinajstić information content (AvgIpc) is 2.72. The Hall–Kier alpha value is -1.88. The summed E-state index contributed by atoms with van der Waals surface area (Å²) < 4.78 is 20.5. The highest BCUT2D eigenvalue weighted by molar-refractivity contribution is 5.63. The van der Waals surface area contributed by atoms with Crippen LogP contribution in [0.4, 0.5) is 4.39 Å². The van der Waals surface area contributed by atoms with Gasteiger partial charge in [-0.1, -0.05) is 0 Å². The van der Waals surface area contributed by atoms with Gasteiger partial charge in [0.25, 0.3) is 0 Å². The van der Waals surface area contributed by atoms with E-state index in [1.807, 2.05) is 24.7 Å². The van der Waals surface area contributed by atoms with Crippen LogP contribution in [0.3, 0.4) is 0 Å². The van der Waals surface area contributed by atoms with Crippen molar-refractivity contribution in [3.8, 4) is 17.0 Å². The maximum atomic E-state index is 13.7. The van der Waals surface area contributed by atoms with Crippen molar-refractivity contribution in [1.29, 1.82) is 0 Å². The van der Waals surface area contributed by atoms with Gasteiger partial charge in [-0.05, 0) is 25.2 Å². The molecule has 2 aromatic rings. The van der Waals surface area contributed by atoms with Crippen LogP contribution in [0.25, 0.3) is 11.3 Å². The van der Waals surface area contributed by atoms with Crippen LogP contribution >= 0.6 is 0 Å². The molecular weight excluding hydrogens is 233 g/mol. The van der Waals surface area contributed by atoms with Crippen LogP contribution in [0, 0.1) is 5.82 Å². The third kappa shape index (κ3) is 2.22. The minimum absolute atomic E-state index is 0.241. The van der Waals surface area contributed by atoms with E-state index in [2.05, 4.69) is 10.3 Å². The first kappa shape index (κ1) is 12.6. The highest BCUT2D eigenvalue weighted by Crippen LogP contribution is 2.26. The Morgan fingerprint density at radius 2 is 2.22 bits per heavy atom. The molecule has 5 heteroatoms. The van der Waals surface area contributed by atoms with Gasteiger partial charge in [0.2, 0.25) is 0 Å². The molecule has 0 fully saturated rings. The van der Waals surface area contributed by atoms with Gasteiger partial charge in [0.15, 0.2) is 11.6 Å². The number of halogens is 1. The zero-order valence-corrected chi connectivity index (χ0v) is 10.7. The first-order chi connectivity index (χ1) is 8.67. The number of rotatable bonds is 4. The maximum absolute atomic E-state index is 13.7. The molecule has 0 aliphatic rings. The first-order valence-electron chi connectivity index (χ1n) is 5.66. The van der Waals surface area contributed by atoms with Crippen LogP contribution in [0.15, 0.2) is 24.5 Å². The molecule has 1 heterocycles. The molecule has 0 spiro atoms. The topological polar surface area (TPSA) is 39.1 Å². The van der Waals surface area contributed by atoms with Gasteiger partial charge in [-0.3, -0.25) is 0 Å². The summed E-state index contributed by atoms with van der Waals surface area (Å²) in [6.07, 6.45) is 1.73. The number of imidazole rings is 1. The van der Waals surface area contributed by atoms with Crippen molar-refractivity contribution in [1.82, 2.24) is 14.9 Å². The van der Waals surface area contributed by atoms with Crippen LogP contribution in [0.1, 0.15) is 5.69 Å². The second-order valence-corrected chi connectivity index (χ2v) is 4.03. The number of nitrogens with one attached hydrogen (secondary N) is 1. The van der Waals surface area contributed by atoms with Crippen LogP contribution in [0.2, 0.25) is 0 Å². The molecule has 0 unspecified atom stereocenters. The quantitative estimate of drug-likeness (QED) is 0.900. The van der Waals surface area contributed by atoms with Gasteiger partial charge in [0.05, 0.1) is 24.8 Å². The summed E-state index contributed by atoms with van der Waals surface area (Å²) in [5.74, 6) is -0.138. The average molecular weight is 249 g/mol. The minimum Gasteiger partial charge on any atom is -0.494 e. The maximum Gasteiger partial charge on any atom is 0.165 e. The van der Waals surface area contributed by atoms with Crippen molar-refractivity contribution in [2.75, 3.05) is 14.2 Å². The zero-order valence-electron chi connectivity index (χ0n) is 10.7. The fourth-order valence-electron chi connectivity index (χ4n) is 1.89. The van der Waals surface area contributed by atoms with Crippen LogP contribution in [0.5, 0.6) is 5.75 Å². The molecule has 0 aliphatic heterocycles. The summed E-state index contributed by atoms with van der Waals surface area (Å²) in [6, 6.07) is 4.87. The highest BCUT2D eigenvalue weighted by atomic mass is 19.1. The Labute approximate surface area is 105 Å². The van der Waals surface area contributed by atoms with E-state index in [4.69, 9.17) is 4.74 Å². The predicted octanol–water partition coefficient (Wildman–Crippen LogP) is 1.95. The van der Waals surface area contributed by atoms with E-state index < -0.39 is 0 Å². The van der Waals surface area contributed by atoms with Crippen LogP contribution in [-0.2, 0) is 13.6 Å². The Morgan fingerprint density at radius 1 is 1.44 bits per heavy atom. The van der Waals surface area contributed by atoms with Gasteiger partial charge in [-0.25, -0.2) is 9.37 Å². The van der Waals surface area contributed by atoms with Gasteiger partial charge >= 0.3 is 0 Å². The van der Waals surface area contributed by atoms with Crippen molar-refractivity contribution < 1.29 is 9.13 Å². The van der Waals surface area contributed by atoms with Crippen molar-refractivity contribution >= 4 is 0 Å². The van der Waals surface area contributed by atoms with E-state index in [-0.39, 0.29) is 11.6 Å². The molecule has 2 rings (SSSR count). The Morgan fingerprint density at radius 3 is 2.83 bits per heavy atom. The standard InChI is InChI=1S/C13H16FN3O/c1-15-7-11-13(16-8-17(11)2)9-4-5-12(18-3)10(14)6-9/h4-6,8,15H,7H2,1-3H3. The van der Waals surface area contributed by atoms with Crippen LogP contribution in [-0.4, -0.2) is 23.7 Å². The normalized spacial score (nSPS) is 10.7. The molecule has 0 aliphatic carbocycles. The second-order valence-electron chi connectivity index (χ2n) is 4.03. The number of aromatic nitrogens is 2. The Kier molecular flexibility index (Phi) is 3.62. The molecule has 0 radical (unpaired) electrons. The number of nitrogens with zero attached hydrogens (tertiary/aromatic N) is 2. The molecule has 1 N–H and O–H groups in total. The molecule has 0 amide bonds. The SMILES string of the molecule is CNCc1c(-c2ccc(OC)c(F)c2)ncn1C. The number of hydrogen-bond donors (Lipinski definition) is 1. The summed E-state index contributed by atoms with van der Waals surface area (Å²) in [7, 11) is 5.24. The number of benzene rings is 1. The third-order valence-electron chi connectivity index (χ3n) is 2.83. The van der Waals surface area contributed by atoms with Gasteiger partial charge in [-0.2, -0.15) is 0 Å². The van der Waals surface area contributed by atoms with Crippen molar-refractivity contribution in [2.45, 2.75) is 6.54 Å². The molecule has 1 aromatic heterocycles. The van der Waals surface area contributed by atoms with Gasteiger partial charge in [0.1, 0.15) is 0 Å². The number of hydrogen-bond acceptors (Lipinski definition) is 3. The summed E-state index contributed by atoms with van der Waals surface area (Å²) in [5.41, 5.74) is 2.55. The molecule has 0 atom stereocenters. The lowest BCUT2D eigenvalue weighted by Crippen LogP contribution is -2.10. The number of ether oxygens (including phenoxy) is 1. The van der Waals surface area contributed by atoms with Gasteiger partial charge in [0, 0.05) is 19.2 Å². The molecule has 4 nitrogen and oxygen atoms in total. The lowest BCUT2D eigenvalue weighted by atomic mass is 10.1. The third-order valence-corrected chi connectivity index (χ3v) is 2.83. The Balaban J connectivity index is 2.45. The van der Waals surface area contributed by atoms with Crippen molar-refractivity contribution in [3.05, 3.63) is 36.0 Å². The van der Waals surface area contributed by atoms with E-state index in [1.54, 1.807) is 12.4 Å². The molecule has 18 heavy (non-hydrogen) atoms. The highest BCUT2D eigenvalue weighted by Gasteiger charge is 2.12. The summed E-state index contributed by atoms with van der Waals surface area (Å²) >= 11 is 0. The molecule has 1 aromatic carbocycles. The lowest BCUT2D eigenvalue weighted by molar-refractivity contribution is 0.386. The fourth-order valence-corrected chi connectivity index (χ4v) is 1.89. The van der Waals surface area contributed by atoms with Gasteiger partial charge in [-0.15, -0.1) is 0 Å². The summed E-state index contributed by atoms with van der Waals surface area (Å²) in [6.45, 7) is 0.680. The van der Waals surface area contributed by atoms with E-state index in [1.165, 1.54) is 13.2 Å². The van der Waals surface area contributed by atoms with Crippen molar-refractivity contribution in [2.24, 2.45) is 7.05 Å². The van der Waals surface area contributed by atoms with Gasteiger partial charge < -0.3 is 14.6 Å². The molecule has 0 bridgehead atoms. The monoisotopic (exact) mass is 249 g/mol. The van der Waals surface area contributed by atoms with Crippen molar-refractivity contribution in [3.63, 3.8) is 0 Å². The van der Waals surface area contributed by atoms with E-state index in [9.17, 15) is 4.39 Å². The minimum atomic E-state index is -0.379. The molecular formula is C13H16FN3O. The summed E-state index contributed by atoms with van der Waals surface area (Å²) in [5, 5.41) is 3.08. The Bertz CT molecular complexity index is 551. The lowest BCUT2D eigenvalue weighted by Gasteiger charge is -2.07. The van der Waals surface area contributed by atoms with Crippen LogP contribution < -0.4 is 10.1 Å². The zero-order chi connectivity index (χ0) is 13.1. The molecule has 0 saturated heterocycles.